The lowest BCUT2D eigenvalue weighted by atomic mass is 9.52. The van der Waals surface area contributed by atoms with Crippen molar-refractivity contribution in [3.63, 3.8) is 0 Å². The zero-order chi connectivity index (χ0) is 16.1. The van der Waals surface area contributed by atoms with Gasteiger partial charge in [0.05, 0.1) is 10.8 Å². The van der Waals surface area contributed by atoms with E-state index in [1.165, 1.54) is 32.1 Å². The maximum absolute atomic E-state index is 12.7. The molecule has 24 heavy (non-hydrogen) atoms. The van der Waals surface area contributed by atoms with Crippen molar-refractivity contribution in [1.82, 2.24) is 5.16 Å². The van der Waals surface area contributed by atoms with Crippen LogP contribution >= 0.6 is 11.3 Å². The number of carbonyl (C=O) groups excluding carboxylic acids is 1. The average Bonchev–Trinajstić information content (AvgIpc) is 3.23. The summed E-state index contributed by atoms with van der Waals surface area (Å²) in [7, 11) is 0. The molecule has 0 spiro atoms. The van der Waals surface area contributed by atoms with E-state index in [1.807, 2.05) is 23.6 Å². The molecule has 0 atom stereocenters. The highest BCUT2D eigenvalue weighted by Gasteiger charge is 2.51. The molecule has 2 aromatic heterocycles. The molecule has 0 radical (unpaired) electrons. The second-order valence-corrected chi connectivity index (χ2v) is 8.67. The van der Waals surface area contributed by atoms with Crippen molar-refractivity contribution in [3.8, 4) is 10.6 Å². The molecular formula is C19H21NO3S. The molecule has 0 aromatic carbocycles. The average molecular weight is 343 g/mol. The van der Waals surface area contributed by atoms with Crippen molar-refractivity contribution in [2.45, 2.75) is 38.7 Å². The number of rotatable bonds is 4. The van der Waals surface area contributed by atoms with E-state index in [-0.39, 0.29) is 18.5 Å². The highest BCUT2D eigenvalue weighted by Crippen LogP contribution is 2.56. The van der Waals surface area contributed by atoms with Crippen molar-refractivity contribution >= 4 is 17.3 Å². The summed E-state index contributed by atoms with van der Waals surface area (Å²) in [6, 6.07) is 5.85. The molecule has 126 valence electrons. The van der Waals surface area contributed by atoms with Crippen LogP contribution in [0.25, 0.3) is 10.6 Å². The summed E-state index contributed by atoms with van der Waals surface area (Å²) in [4.78, 5) is 13.7. The van der Waals surface area contributed by atoms with Gasteiger partial charge in [0.15, 0.2) is 5.76 Å². The van der Waals surface area contributed by atoms with E-state index in [9.17, 15) is 4.79 Å². The van der Waals surface area contributed by atoms with E-state index in [4.69, 9.17) is 9.26 Å². The molecular weight excluding hydrogens is 322 g/mol. The van der Waals surface area contributed by atoms with Crippen LogP contribution in [0.2, 0.25) is 0 Å². The van der Waals surface area contributed by atoms with Crippen LogP contribution in [0.3, 0.4) is 0 Å². The van der Waals surface area contributed by atoms with Crippen molar-refractivity contribution in [1.29, 1.82) is 0 Å². The van der Waals surface area contributed by atoms with Gasteiger partial charge in [-0.3, -0.25) is 4.79 Å². The quantitative estimate of drug-likeness (QED) is 0.766. The van der Waals surface area contributed by atoms with Gasteiger partial charge in [-0.15, -0.1) is 11.3 Å². The molecule has 4 aliphatic carbocycles. The smallest absolute Gasteiger partial charge is 0.309 e. The van der Waals surface area contributed by atoms with Crippen LogP contribution in [0.4, 0.5) is 0 Å². The number of thiophene rings is 1. The third-order valence-electron chi connectivity index (χ3n) is 6.18. The fourth-order valence-electron chi connectivity index (χ4n) is 5.47. The minimum atomic E-state index is -0.00975. The van der Waals surface area contributed by atoms with Crippen LogP contribution in [0.1, 0.15) is 37.8 Å². The fourth-order valence-corrected chi connectivity index (χ4v) is 6.14. The third kappa shape index (κ3) is 2.50. The Kier molecular flexibility index (Phi) is 3.51. The molecule has 6 rings (SSSR count). The number of esters is 1. The van der Waals surface area contributed by atoms with Crippen LogP contribution in [-0.2, 0) is 16.1 Å². The molecule has 0 unspecified atom stereocenters. The number of hydrogen-bond acceptors (Lipinski definition) is 5. The molecule has 0 N–H and O–H groups in total. The summed E-state index contributed by atoms with van der Waals surface area (Å²) in [6.45, 7) is 0.219. The van der Waals surface area contributed by atoms with Gasteiger partial charge in [0, 0.05) is 6.07 Å². The van der Waals surface area contributed by atoms with E-state index >= 15 is 0 Å². The fraction of sp³-hybridized carbons (Fsp3) is 0.579. The number of nitrogens with zero attached hydrogens (tertiary/aromatic N) is 1. The third-order valence-corrected chi connectivity index (χ3v) is 7.07. The predicted molar refractivity (Wildman–Crippen MR) is 90.1 cm³/mol. The van der Waals surface area contributed by atoms with Gasteiger partial charge in [-0.25, -0.2) is 0 Å². The summed E-state index contributed by atoms with van der Waals surface area (Å²) >= 11 is 1.61. The maximum atomic E-state index is 12.7. The molecule has 4 nitrogen and oxygen atoms in total. The largest absolute Gasteiger partial charge is 0.459 e. The lowest BCUT2D eigenvalue weighted by molar-refractivity contribution is -0.164. The summed E-state index contributed by atoms with van der Waals surface area (Å²) in [5.74, 6) is 3.73. The Morgan fingerprint density at radius 1 is 1.21 bits per heavy atom. The Bertz CT molecular complexity index is 708. The molecule has 0 aliphatic heterocycles. The van der Waals surface area contributed by atoms with Gasteiger partial charge in [-0.1, -0.05) is 11.2 Å². The Hall–Kier alpha value is -1.62. The van der Waals surface area contributed by atoms with E-state index < -0.39 is 0 Å². The highest BCUT2D eigenvalue weighted by molar-refractivity contribution is 7.13. The number of aromatic nitrogens is 1. The van der Waals surface area contributed by atoms with Gasteiger partial charge in [0.25, 0.3) is 0 Å². The molecule has 5 heteroatoms. The van der Waals surface area contributed by atoms with E-state index in [0.717, 1.165) is 22.5 Å². The van der Waals surface area contributed by atoms with Gasteiger partial charge in [-0.05, 0) is 67.2 Å². The molecule has 0 amide bonds. The van der Waals surface area contributed by atoms with Gasteiger partial charge in [0.2, 0.25) is 0 Å². The predicted octanol–water partition coefficient (Wildman–Crippen LogP) is 4.52. The molecule has 4 aliphatic rings. The summed E-state index contributed by atoms with van der Waals surface area (Å²) in [5, 5.41) is 6.04. The molecule has 4 bridgehead atoms. The monoisotopic (exact) mass is 343 g/mol. The Balaban J connectivity index is 1.23. The van der Waals surface area contributed by atoms with E-state index in [2.05, 4.69) is 5.16 Å². The van der Waals surface area contributed by atoms with Crippen molar-refractivity contribution < 1.29 is 14.1 Å². The zero-order valence-corrected chi connectivity index (χ0v) is 14.3. The SMILES string of the molecule is O=C(OCc1cc(-c2cccs2)on1)C1C2CC3CC(C2)CC1C3. The Morgan fingerprint density at radius 3 is 2.62 bits per heavy atom. The highest BCUT2D eigenvalue weighted by atomic mass is 32.1. The van der Waals surface area contributed by atoms with Crippen LogP contribution in [0.5, 0.6) is 0 Å². The molecule has 0 saturated heterocycles. The van der Waals surface area contributed by atoms with Crippen LogP contribution in [0, 0.1) is 29.6 Å². The zero-order valence-electron chi connectivity index (χ0n) is 13.5. The summed E-state index contributed by atoms with van der Waals surface area (Å²) < 4.78 is 11.0. The van der Waals surface area contributed by atoms with Gasteiger partial charge in [-0.2, -0.15) is 0 Å². The molecule has 2 aromatic rings. The van der Waals surface area contributed by atoms with Crippen LogP contribution < -0.4 is 0 Å². The number of carbonyl (C=O) groups is 1. The topological polar surface area (TPSA) is 52.3 Å². The van der Waals surface area contributed by atoms with Crippen molar-refractivity contribution in [2.24, 2.45) is 29.6 Å². The van der Waals surface area contributed by atoms with Gasteiger partial charge < -0.3 is 9.26 Å². The Labute approximate surface area is 145 Å². The second-order valence-electron chi connectivity index (χ2n) is 7.72. The van der Waals surface area contributed by atoms with E-state index in [0.29, 0.717) is 17.5 Å². The lowest BCUT2D eigenvalue weighted by Crippen LogP contribution is -2.48. The van der Waals surface area contributed by atoms with Gasteiger partial charge in [0.1, 0.15) is 12.3 Å². The first kappa shape index (κ1) is 14.7. The second kappa shape index (κ2) is 5.73. The first-order chi connectivity index (χ1) is 11.8. The van der Waals surface area contributed by atoms with Crippen LogP contribution in [-0.4, -0.2) is 11.1 Å². The summed E-state index contributed by atoms with van der Waals surface area (Å²) in [5.41, 5.74) is 0.690. The molecule has 2 heterocycles. The first-order valence-corrected chi connectivity index (χ1v) is 9.80. The minimum Gasteiger partial charge on any atom is -0.459 e. The summed E-state index contributed by atoms with van der Waals surface area (Å²) in [6.07, 6.45) is 6.34. The van der Waals surface area contributed by atoms with Crippen molar-refractivity contribution in [3.05, 3.63) is 29.3 Å². The maximum Gasteiger partial charge on any atom is 0.309 e. The van der Waals surface area contributed by atoms with Crippen LogP contribution in [0.15, 0.2) is 28.1 Å². The molecule has 4 fully saturated rings. The standard InChI is InChI=1S/C19H21NO3S/c21-19(18-13-5-11-4-12(7-13)8-14(18)6-11)22-10-15-9-16(23-20-15)17-2-1-3-24-17/h1-3,9,11-14,18H,4-8,10H2. The van der Waals surface area contributed by atoms with E-state index in [1.54, 1.807) is 11.3 Å². The minimum absolute atomic E-state index is 0.00975. The number of hydrogen-bond donors (Lipinski definition) is 0. The van der Waals surface area contributed by atoms with Gasteiger partial charge >= 0.3 is 5.97 Å². The number of ether oxygens (including phenoxy) is 1. The lowest BCUT2D eigenvalue weighted by Gasteiger charge is -2.53. The first-order valence-electron chi connectivity index (χ1n) is 8.92. The normalized spacial score (nSPS) is 33.8. The molecule has 4 saturated carbocycles. The van der Waals surface area contributed by atoms with Crippen molar-refractivity contribution in [2.75, 3.05) is 0 Å². The Morgan fingerprint density at radius 2 is 1.96 bits per heavy atom.